The van der Waals surface area contributed by atoms with Crippen LogP contribution in [0.5, 0.6) is 0 Å². The molecule has 0 radical (unpaired) electrons. The second kappa shape index (κ2) is 5.45. The van der Waals surface area contributed by atoms with Crippen molar-refractivity contribution in [3.8, 4) is 0 Å². The van der Waals surface area contributed by atoms with Crippen LogP contribution in [0.15, 0.2) is 24.3 Å². The highest BCUT2D eigenvalue weighted by Crippen LogP contribution is 2.25. The van der Waals surface area contributed by atoms with Crippen LogP contribution in [0.25, 0.3) is 10.9 Å². The summed E-state index contributed by atoms with van der Waals surface area (Å²) in [5.41, 5.74) is 2.74. The molecule has 0 saturated carbocycles. The largest absolute Gasteiger partial charge is 0.392 e. The summed E-state index contributed by atoms with van der Waals surface area (Å²) < 4.78 is 2.02. The van der Waals surface area contributed by atoms with Crippen molar-refractivity contribution in [2.24, 2.45) is 0 Å². The lowest BCUT2D eigenvalue weighted by molar-refractivity contribution is 0.0914. The van der Waals surface area contributed by atoms with E-state index < -0.39 is 6.10 Å². The van der Waals surface area contributed by atoms with Gasteiger partial charge in [-0.25, -0.2) is 0 Å². The van der Waals surface area contributed by atoms with E-state index in [1.165, 1.54) is 0 Å². The Hall–Kier alpha value is -1.81. The second-order valence-electron chi connectivity index (χ2n) is 4.79. The number of hydrogen-bond acceptors (Lipinski definition) is 2. The normalized spacial score (nSPS) is 12.6. The fourth-order valence-corrected chi connectivity index (χ4v) is 2.42. The average molecular weight is 260 g/mol. The van der Waals surface area contributed by atoms with E-state index in [0.29, 0.717) is 5.69 Å². The molecule has 1 aromatic carbocycles. The van der Waals surface area contributed by atoms with Crippen LogP contribution in [0, 0.1) is 6.92 Å². The van der Waals surface area contributed by atoms with E-state index in [-0.39, 0.29) is 12.5 Å². The molecule has 0 aliphatic carbocycles. The van der Waals surface area contributed by atoms with Crippen LogP contribution in [-0.2, 0) is 6.54 Å². The van der Waals surface area contributed by atoms with Gasteiger partial charge in [-0.15, -0.1) is 0 Å². The molecule has 0 bridgehead atoms. The number of nitrogens with one attached hydrogen (secondary N) is 1. The summed E-state index contributed by atoms with van der Waals surface area (Å²) in [5, 5.41) is 13.1. The van der Waals surface area contributed by atoms with Crippen molar-refractivity contribution in [3.05, 3.63) is 35.5 Å². The molecular formula is C15H20N2O2. The van der Waals surface area contributed by atoms with Gasteiger partial charge in [0.2, 0.25) is 0 Å². The molecular weight excluding hydrogens is 240 g/mol. The molecule has 102 valence electrons. The topological polar surface area (TPSA) is 54.3 Å². The lowest BCUT2D eigenvalue weighted by Crippen LogP contribution is -2.32. The predicted octanol–water partition coefficient (Wildman–Crippen LogP) is 2.08. The third-order valence-corrected chi connectivity index (χ3v) is 3.31. The zero-order valence-electron chi connectivity index (χ0n) is 11.6. The first-order valence-corrected chi connectivity index (χ1v) is 6.60. The Morgan fingerprint density at radius 2 is 2.11 bits per heavy atom. The van der Waals surface area contributed by atoms with Gasteiger partial charge in [-0.2, -0.15) is 0 Å². The highest BCUT2D eigenvalue weighted by atomic mass is 16.3. The maximum absolute atomic E-state index is 12.3. The third-order valence-electron chi connectivity index (χ3n) is 3.31. The van der Waals surface area contributed by atoms with Crippen LogP contribution in [0.3, 0.4) is 0 Å². The number of aryl methyl sites for hydroxylation is 2. The lowest BCUT2D eigenvalue weighted by atomic mass is 10.1. The number of carbonyl (C=O) groups excluding carboxylic acids is 1. The molecule has 2 N–H and O–H groups in total. The van der Waals surface area contributed by atoms with Gasteiger partial charge >= 0.3 is 0 Å². The smallest absolute Gasteiger partial charge is 0.268 e. The minimum Gasteiger partial charge on any atom is -0.392 e. The van der Waals surface area contributed by atoms with Crippen molar-refractivity contribution in [1.29, 1.82) is 0 Å². The molecule has 1 heterocycles. The first-order valence-electron chi connectivity index (χ1n) is 6.60. The van der Waals surface area contributed by atoms with Gasteiger partial charge < -0.3 is 15.0 Å². The summed E-state index contributed by atoms with van der Waals surface area (Å²) in [7, 11) is 0. The number of para-hydroxylation sites is 1. The Bertz CT molecular complexity index is 599. The van der Waals surface area contributed by atoms with Crippen molar-refractivity contribution in [1.82, 2.24) is 9.88 Å². The molecule has 1 atom stereocenters. The SMILES string of the molecule is CCn1c(C(=O)NCC(C)O)c(C)c2ccccc21. The molecule has 1 unspecified atom stereocenters. The Balaban J connectivity index is 2.47. The van der Waals surface area contributed by atoms with Crippen molar-refractivity contribution < 1.29 is 9.90 Å². The second-order valence-corrected chi connectivity index (χ2v) is 4.79. The standard InChI is InChI=1S/C15H20N2O2/c1-4-17-13-8-6-5-7-12(13)11(3)14(17)15(19)16-9-10(2)18/h5-8,10,18H,4,9H2,1-3H3,(H,16,19). The van der Waals surface area contributed by atoms with E-state index in [4.69, 9.17) is 0 Å². The number of amides is 1. The quantitative estimate of drug-likeness (QED) is 0.884. The summed E-state index contributed by atoms with van der Waals surface area (Å²) >= 11 is 0. The van der Waals surface area contributed by atoms with Crippen LogP contribution >= 0.6 is 0 Å². The Morgan fingerprint density at radius 3 is 2.74 bits per heavy atom. The Kier molecular flexibility index (Phi) is 3.90. The fraction of sp³-hybridized carbons (Fsp3) is 0.400. The van der Waals surface area contributed by atoms with Gasteiger partial charge in [-0.1, -0.05) is 18.2 Å². The number of aliphatic hydroxyl groups excluding tert-OH is 1. The zero-order valence-corrected chi connectivity index (χ0v) is 11.6. The van der Waals surface area contributed by atoms with Crippen LogP contribution < -0.4 is 5.32 Å². The molecule has 4 nitrogen and oxygen atoms in total. The van der Waals surface area contributed by atoms with Gasteiger partial charge in [-0.3, -0.25) is 4.79 Å². The summed E-state index contributed by atoms with van der Waals surface area (Å²) in [4.78, 5) is 12.3. The summed E-state index contributed by atoms with van der Waals surface area (Å²) in [6, 6.07) is 8.01. The Morgan fingerprint density at radius 1 is 1.42 bits per heavy atom. The first kappa shape index (κ1) is 13.6. The van der Waals surface area contributed by atoms with E-state index in [1.54, 1.807) is 6.92 Å². The van der Waals surface area contributed by atoms with Crippen molar-refractivity contribution >= 4 is 16.8 Å². The average Bonchev–Trinajstić information content (AvgIpc) is 2.69. The van der Waals surface area contributed by atoms with E-state index in [2.05, 4.69) is 5.32 Å². The maximum atomic E-state index is 12.3. The van der Waals surface area contributed by atoms with E-state index in [9.17, 15) is 9.90 Å². The molecule has 19 heavy (non-hydrogen) atoms. The van der Waals surface area contributed by atoms with Gasteiger partial charge in [0, 0.05) is 24.0 Å². The van der Waals surface area contributed by atoms with E-state index in [0.717, 1.165) is 23.0 Å². The van der Waals surface area contributed by atoms with Crippen molar-refractivity contribution in [2.45, 2.75) is 33.4 Å². The molecule has 2 aromatic rings. The van der Waals surface area contributed by atoms with Crippen LogP contribution in [0.2, 0.25) is 0 Å². The monoisotopic (exact) mass is 260 g/mol. The van der Waals surface area contributed by atoms with Crippen molar-refractivity contribution in [3.63, 3.8) is 0 Å². The molecule has 1 amide bonds. The molecule has 2 rings (SSSR count). The number of fused-ring (bicyclic) bond motifs is 1. The molecule has 1 aromatic heterocycles. The van der Waals surface area contributed by atoms with Gasteiger partial charge in [-0.05, 0) is 32.4 Å². The molecule has 0 saturated heterocycles. The van der Waals surface area contributed by atoms with Gasteiger partial charge in [0.25, 0.3) is 5.91 Å². The molecule has 4 heteroatoms. The summed E-state index contributed by atoms with van der Waals surface area (Å²) in [6.45, 7) is 6.65. The van der Waals surface area contributed by atoms with E-state index in [1.807, 2.05) is 42.7 Å². The minimum absolute atomic E-state index is 0.128. The number of benzene rings is 1. The highest BCUT2D eigenvalue weighted by Gasteiger charge is 2.19. The minimum atomic E-state index is -0.538. The van der Waals surface area contributed by atoms with Gasteiger partial charge in [0.1, 0.15) is 5.69 Å². The first-order chi connectivity index (χ1) is 9.06. The number of nitrogens with zero attached hydrogens (tertiary/aromatic N) is 1. The van der Waals surface area contributed by atoms with Crippen molar-refractivity contribution in [2.75, 3.05) is 6.54 Å². The zero-order chi connectivity index (χ0) is 14.0. The highest BCUT2D eigenvalue weighted by molar-refractivity contribution is 6.01. The summed E-state index contributed by atoms with van der Waals surface area (Å²) in [6.07, 6.45) is -0.538. The third kappa shape index (κ3) is 2.49. The van der Waals surface area contributed by atoms with Crippen LogP contribution in [-0.4, -0.2) is 28.2 Å². The Labute approximate surface area is 113 Å². The number of aromatic nitrogens is 1. The van der Waals surface area contributed by atoms with Crippen LogP contribution in [0.4, 0.5) is 0 Å². The lowest BCUT2D eigenvalue weighted by Gasteiger charge is -2.10. The van der Waals surface area contributed by atoms with Crippen LogP contribution in [0.1, 0.15) is 29.9 Å². The summed E-state index contributed by atoms with van der Waals surface area (Å²) in [5.74, 6) is -0.128. The van der Waals surface area contributed by atoms with Gasteiger partial charge in [0.05, 0.1) is 6.10 Å². The van der Waals surface area contributed by atoms with Gasteiger partial charge in [0.15, 0.2) is 0 Å². The molecule has 0 aliphatic heterocycles. The molecule has 0 fully saturated rings. The maximum Gasteiger partial charge on any atom is 0.268 e. The number of hydrogen-bond donors (Lipinski definition) is 2. The molecule has 0 spiro atoms. The molecule has 0 aliphatic rings. The number of rotatable bonds is 4. The predicted molar refractivity (Wildman–Crippen MR) is 76.4 cm³/mol. The van der Waals surface area contributed by atoms with E-state index >= 15 is 0 Å². The fourth-order valence-electron chi connectivity index (χ4n) is 2.42. The number of carbonyl (C=O) groups is 1. The number of aliphatic hydroxyl groups is 1.